The zero-order valence-corrected chi connectivity index (χ0v) is 11.7. The molecule has 0 saturated carbocycles. The highest BCUT2D eigenvalue weighted by molar-refractivity contribution is 5.85. The minimum absolute atomic E-state index is 0. The number of rotatable bonds is 5. The molecule has 2 rings (SSSR count). The summed E-state index contributed by atoms with van der Waals surface area (Å²) in [5.41, 5.74) is 1.31. The number of halogens is 1. The number of carbonyl (C=O) groups excluding carboxylic acids is 1. The van der Waals surface area contributed by atoms with Crippen molar-refractivity contribution in [1.82, 2.24) is 10.6 Å². The Morgan fingerprint density at radius 2 is 2.16 bits per heavy atom. The number of nitrogens with one attached hydrogen (secondary N) is 2. The SMILES string of the molecule is Cl.O=C(NCCCc1ccccc1)C1CNCCO1. The summed E-state index contributed by atoms with van der Waals surface area (Å²) < 4.78 is 5.38. The monoisotopic (exact) mass is 284 g/mol. The van der Waals surface area contributed by atoms with Crippen LogP contribution in [0.5, 0.6) is 0 Å². The van der Waals surface area contributed by atoms with Crippen molar-refractivity contribution in [3.63, 3.8) is 0 Å². The average Bonchev–Trinajstić information content (AvgIpc) is 2.45. The molecule has 1 aromatic carbocycles. The summed E-state index contributed by atoms with van der Waals surface area (Å²) in [7, 11) is 0. The lowest BCUT2D eigenvalue weighted by atomic mass is 10.1. The zero-order valence-electron chi connectivity index (χ0n) is 10.9. The van der Waals surface area contributed by atoms with Gasteiger partial charge in [-0.05, 0) is 18.4 Å². The molecule has 0 bridgehead atoms. The lowest BCUT2D eigenvalue weighted by Crippen LogP contribution is -2.48. The Balaban J connectivity index is 0.00000180. The van der Waals surface area contributed by atoms with E-state index in [1.54, 1.807) is 0 Å². The second kappa shape index (κ2) is 8.91. The summed E-state index contributed by atoms with van der Waals surface area (Å²) in [5.74, 6) is -0.00439. The molecule has 1 amide bonds. The van der Waals surface area contributed by atoms with Gasteiger partial charge < -0.3 is 15.4 Å². The van der Waals surface area contributed by atoms with Gasteiger partial charge in [-0.1, -0.05) is 30.3 Å². The van der Waals surface area contributed by atoms with Crippen LogP contribution in [0.15, 0.2) is 30.3 Å². The van der Waals surface area contributed by atoms with E-state index >= 15 is 0 Å². The standard InChI is InChI=1S/C14H20N2O2.ClH/c17-14(13-11-15-9-10-18-13)16-8-4-7-12-5-2-1-3-6-12;/h1-3,5-6,13,15H,4,7-11H2,(H,16,17);1H. The third-order valence-corrected chi connectivity index (χ3v) is 3.00. The van der Waals surface area contributed by atoms with Gasteiger partial charge in [0, 0.05) is 19.6 Å². The molecule has 1 fully saturated rings. The predicted octanol–water partition coefficient (Wildman–Crippen LogP) is 1.15. The maximum absolute atomic E-state index is 11.7. The molecular weight excluding hydrogens is 264 g/mol. The van der Waals surface area contributed by atoms with Crippen LogP contribution in [-0.2, 0) is 16.0 Å². The Bertz CT molecular complexity index is 367. The van der Waals surface area contributed by atoms with E-state index in [0.29, 0.717) is 19.7 Å². The van der Waals surface area contributed by atoms with Gasteiger partial charge in [0.05, 0.1) is 6.61 Å². The predicted molar refractivity (Wildman–Crippen MR) is 77.6 cm³/mol. The fraction of sp³-hybridized carbons (Fsp3) is 0.500. The molecule has 1 aliphatic heterocycles. The number of aryl methyl sites for hydroxylation is 1. The Labute approximate surface area is 120 Å². The van der Waals surface area contributed by atoms with E-state index in [-0.39, 0.29) is 24.4 Å². The van der Waals surface area contributed by atoms with Crippen LogP contribution in [-0.4, -0.2) is 38.3 Å². The van der Waals surface area contributed by atoms with Crippen LogP contribution >= 0.6 is 12.4 Å². The van der Waals surface area contributed by atoms with E-state index in [9.17, 15) is 4.79 Å². The minimum Gasteiger partial charge on any atom is -0.366 e. The zero-order chi connectivity index (χ0) is 12.6. The molecule has 19 heavy (non-hydrogen) atoms. The highest BCUT2D eigenvalue weighted by atomic mass is 35.5. The summed E-state index contributed by atoms with van der Waals surface area (Å²) in [6.07, 6.45) is 1.62. The van der Waals surface area contributed by atoms with Crippen molar-refractivity contribution in [2.75, 3.05) is 26.2 Å². The van der Waals surface area contributed by atoms with E-state index in [4.69, 9.17) is 4.74 Å². The molecular formula is C14H21ClN2O2. The molecule has 1 heterocycles. The quantitative estimate of drug-likeness (QED) is 0.798. The van der Waals surface area contributed by atoms with Crippen LogP contribution in [0.4, 0.5) is 0 Å². The summed E-state index contributed by atoms with van der Waals surface area (Å²) in [5, 5.41) is 6.06. The van der Waals surface area contributed by atoms with Crippen molar-refractivity contribution in [3.05, 3.63) is 35.9 Å². The minimum atomic E-state index is -0.324. The van der Waals surface area contributed by atoms with E-state index < -0.39 is 0 Å². The van der Waals surface area contributed by atoms with Crippen LogP contribution in [0.3, 0.4) is 0 Å². The normalized spacial score (nSPS) is 18.4. The third-order valence-electron chi connectivity index (χ3n) is 3.00. The van der Waals surface area contributed by atoms with Crippen LogP contribution in [0.2, 0.25) is 0 Å². The van der Waals surface area contributed by atoms with Gasteiger partial charge in [-0.25, -0.2) is 0 Å². The number of carbonyl (C=O) groups is 1. The Morgan fingerprint density at radius 3 is 2.84 bits per heavy atom. The Hall–Kier alpha value is -1.10. The highest BCUT2D eigenvalue weighted by Crippen LogP contribution is 2.02. The first kappa shape index (κ1) is 16.0. The molecule has 2 N–H and O–H groups in total. The number of hydrogen-bond acceptors (Lipinski definition) is 3. The van der Waals surface area contributed by atoms with Crippen LogP contribution in [0.25, 0.3) is 0 Å². The topological polar surface area (TPSA) is 50.4 Å². The molecule has 0 spiro atoms. The summed E-state index contributed by atoms with van der Waals surface area (Å²) in [6.45, 7) is 2.76. The maximum atomic E-state index is 11.7. The molecule has 106 valence electrons. The fourth-order valence-electron chi connectivity index (χ4n) is 2.00. The van der Waals surface area contributed by atoms with Gasteiger partial charge in [0.15, 0.2) is 0 Å². The summed E-state index contributed by atoms with van der Waals surface area (Å²) >= 11 is 0. The van der Waals surface area contributed by atoms with Crippen LogP contribution in [0, 0.1) is 0 Å². The van der Waals surface area contributed by atoms with Gasteiger partial charge >= 0.3 is 0 Å². The molecule has 1 aromatic rings. The average molecular weight is 285 g/mol. The second-order valence-electron chi connectivity index (χ2n) is 4.44. The highest BCUT2D eigenvalue weighted by Gasteiger charge is 2.20. The number of hydrogen-bond donors (Lipinski definition) is 2. The lowest BCUT2D eigenvalue weighted by molar-refractivity contribution is -0.134. The van der Waals surface area contributed by atoms with Crippen molar-refractivity contribution in [2.45, 2.75) is 18.9 Å². The smallest absolute Gasteiger partial charge is 0.250 e. The molecule has 1 aliphatic rings. The molecule has 0 radical (unpaired) electrons. The summed E-state index contributed by atoms with van der Waals surface area (Å²) in [4.78, 5) is 11.7. The molecule has 1 saturated heterocycles. The first-order valence-electron chi connectivity index (χ1n) is 6.50. The van der Waals surface area contributed by atoms with Gasteiger partial charge in [-0.15, -0.1) is 12.4 Å². The van der Waals surface area contributed by atoms with E-state index in [1.807, 2.05) is 18.2 Å². The van der Waals surface area contributed by atoms with Gasteiger partial charge in [0.2, 0.25) is 5.91 Å². The van der Waals surface area contributed by atoms with Crippen molar-refractivity contribution in [1.29, 1.82) is 0 Å². The molecule has 0 aromatic heterocycles. The van der Waals surface area contributed by atoms with Gasteiger partial charge in [-0.3, -0.25) is 4.79 Å². The van der Waals surface area contributed by atoms with E-state index in [1.165, 1.54) is 5.56 Å². The fourth-order valence-corrected chi connectivity index (χ4v) is 2.00. The molecule has 4 nitrogen and oxygen atoms in total. The van der Waals surface area contributed by atoms with Gasteiger partial charge in [0.1, 0.15) is 6.10 Å². The first-order chi connectivity index (χ1) is 8.86. The van der Waals surface area contributed by atoms with Crippen molar-refractivity contribution < 1.29 is 9.53 Å². The van der Waals surface area contributed by atoms with Crippen LogP contribution in [0.1, 0.15) is 12.0 Å². The molecule has 1 unspecified atom stereocenters. The molecule has 0 aliphatic carbocycles. The van der Waals surface area contributed by atoms with Crippen molar-refractivity contribution in [3.8, 4) is 0 Å². The first-order valence-corrected chi connectivity index (χ1v) is 6.50. The number of ether oxygens (including phenoxy) is 1. The number of morpholine rings is 1. The molecule has 5 heteroatoms. The number of amides is 1. The third kappa shape index (κ3) is 5.59. The van der Waals surface area contributed by atoms with Gasteiger partial charge in [-0.2, -0.15) is 0 Å². The Morgan fingerprint density at radius 1 is 1.37 bits per heavy atom. The Kier molecular flexibility index (Phi) is 7.48. The van der Waals surface area contributed by atoms with E-state index in [2.05, 4.69) is 22.8 Å². The lowest BCUT2D eigenvalue weighted by Gasteiger charge is -2.22. The van der Waals surface area contributed by atoms with Gasteiger partial charge in [0.25, 0.3) is 0 Å². The van der Waals surface area contributed by atoms with Crippen molar-refractivity contribution in [2.24, 2.45) is 0 Å². The maximum Gasteiger partial charge on any atom is 0.250 e. The van der Waals surface area contributed by atoms with Crippen LogP contribution < -0.4 is 10.6 Å². The second-order valence-corrected chi connectivity index (χ2v) is 4.44. The number of benzene rings is 1. The van der Waals surface area contributed by atoms with Crippen molar-refractivity contribution >= 4 is 18.3 Å². The molecule has 1 atom stereocenters. The summed E-state index contributed by atoms with van der Waals surface area (Å²) in [6, 6.07) is 10.3. The largest absolute Gasteiger partial charge is 0.366 e. The van der Waals surface area contributed by atoms with E-state index in [0.717, 1.165) is 19.4 Å².